The number of methoxy groups -OCH3 is 1. The molecule has 0 aliphatic carbocycles. The maximum Gasteiger partial charge on any atom is 0.241 e. The molecule has 0 aromatic heterocycles. The number of hydrogen-bond donors (Lipinski definition) is 1. The number of hydrogen-bond acceptors (Lipinski definition) is 4. The van der Waals surface area contributed by atoms with Crippen molar-refractivity contribution < 1.29 is 9.53 Å². The minimum Gasteiger partial charge on any atom is -0.383 e. The fraction of sp³-hybridized carbons (Fsp3) is 0.467. The lowest BCUT2D eigenvalue weighted by atomic mass is 10.2. The smallest absolute Gasteiger partial charge is 0.241 e. The predicted molar refractivity (Wildman–Crippen MR) is 78.3 cm³/mol. The van der Waals surface area contributed by atoms with E-state index in [-0.39, 0.29) is 18.0 Å². The van der Waals surface area contributed by atoms with Gasteiger partial charge >= 0.3 is 0 Å². The van der Waals surface area contributed by atoms with Gasteiger partial charge in [-0.3, -0.25) is 9.69 Å². The number of carbonyl (C=O) groups is 1. The molecule has 1 N–H and O–H groups in total. The highest BCUT2D eigenvalue weighted by Gasteiger charge is 2.22. The Hall–Kier alpha value is -1.90. The van der Waals surface area contributed by atoms with Gasteiger partial charge in [-0.1, -0.05) is 0 Å². The highest BCUT2D eigenvalue weighted by atomic mass is 16.5. The second-order valence-corrected chi connectivity index (χ2v) is 4.82. The first kappa shape index (κ1) is 16.2. The Labute approximate surface area is 120 Å². The predicted octanol–water partition coefficient (Wildman–Crippen LogP) is 1.85. The summed E-state index contributed by atoms with van der Waals surface area (Å²) in [6, 6.07) is 8.73. The summed E-state index contributed by atoms with van der Waals surface area (Å²) in [6.07, 6.45) is 0. The van der Waals surface area contributed by atoms with Crippen molar-refractivity contribution in [2.24, 2.45) is 0 Å². The van der Waals surface area contributed by atoms with Gasteiger partial charge in [-0.15, -0.1) is 0 Å². The second kappa shape index (κ2) is 7.63. The molecule has 0 saturated heterocycles. The quantitative estimate of drug-likeness (QED) is 0.860. The number of ether oxygens (including phenoxy) is 1. The van der Waals surface area contributed by atoms with Gasteiger partial charge in [0.15, 0.2) is 0 Å². The molecule has 2 unspecified atom stereocenters. The Morgan fingerprint density at radius 2 is 2.00 bits per heavy atom. The van der Waals surface area contributed by atoms with Gasteiger partial charge in [0, 0.05) is 18.8 Å². The Morgan fingerprint density at radius 3 is 2.50 bits per heavy atom. The molecule has 1 aromatic carbocycles. The molecule has 0 aliphatic rings. The van der Waals surface area contributed by atoms with E-state index in [1.165, 1.54) is 0 Å². The van der Waals surface area contributed by atoms with Crippen LogP contribution in [-0.4, -0.2) is 43.7 Å². The number of benzene rings is 1. The molecule has 2 atom stereocenters. The van der Waals surface area contributed by atoms with Crippen molar-refractivity contribution in [3.05, 3.63) is 29.8 Å². The number of rotatable bonds is 6. The highest BCUT2D eigenvalue weighted by Crippen LogP contribution is 2.11. The summed E-state index contributed by atoms with van der Waals surface area (Å²) in [5, 5.41) is 11.6. The van der Waals surface area contributed by atoms with Gasteiger partial charge < -0.3 is 10.1 Å². The van der Waals surface area contributed by atoms with Crippen LogP contribution >= 0.6 is 0 Å². The van der Waals surface area contributed by atoms with E-state index in [1.54, 1.807) is 31.4 Å². The fourth-order valence-corrected chi connectivity index (χ4v) is 1.80. The van der Waals surface area contributed by atoms with Crippen LogP contribution in [0.15, 0.2) is 24.3 Å². The molecule has 0 bridgehead atoms. The van der Waals surface area contributed by atoms with E-state index in [0.29, 0.717) is 17.9 Å². The van der Waals surface area contributed by atoms with Gasteiger partial charge in [0.1, 0.15) is 0 Å². The number of nitrogens with one attached hydrogen (secondary N) is 1. The third-order valence-electron chi connectivity index (χ3n) is 3.38. The molecule has 0 aliphatic heterocycles. The third kappa shape index (κ3) is 4.34. The lowest BCUT2D eigenvalue weighted by Gasteiger charge is -2.29. The number of likely N-dealkylation sites (N-methyl/N-ethyl adjacent to an activating group) is 1. The Kier molecular flexibility index (Phi) is 6.16. The van der Waals surface area contributed by atoms with E-state index in [9.17, 15) is 4.79 Å². The molecule has 0 saturated carbocycles. The summed E-state index contributed by atoms with van der Waals surface area (Å²) in [6.45, 7) is 4.44. The van der Waals surface area contributed by atoms with Gasteiger partial charge in [0.2, 0.25) is 5.91 Å². The normalized spacial score (nSPS) is 13.6. The first-order valence-electron chi connectivity index (χ1n) is 6.51. The minimum absolute atomic E-state index is 0.0832. The standard InChI is InChI=1S/C15H21N3O2/c1-11(10-20-4)18(3)12(2)15(19)17-14-7-5-13(9-16)6-8-14/h5-8,11-12H,10H2,1-4H3,(H,17,19). The first-order valence-corrected chi connectivity index (χ1v) is 6.51. The van der Waals surface area contributed by atoms with E-state index in [2.05, 4.69) is 5.32 Å². The van der Waals surface area contributed by atoms with E-state index < -0.39 is 0 Å². The van der Waals surface area contributed by atoms with Crippen molar-refractivity contribution in [1.82, 2.24) is 4.90 Å². The Balaban J connectivity index is 2.63. The number of nitriles is 1. The first-order chi connectivity index (χ1) is 9.49. The molecule has 5 nitrogen and oxygen atoms in total. The number of carbonyl (C=O) groups excluding carboxylic acids is 1. The number of amides is 1. The van der Waals surface area contributed by atoms with Crippen molar-refractivity contribution in [1.29, 1.82) is 5.26 Å². The van der Waals surface area contributed by atoms with Crippen LogP contribution in [0, 0.1) is 11.3 Å². The van der Waals surface area contributed by atoms with Crippen LogP contribution < -0.4 is 5.32 Å². The largest absolute Gasteiger partial charge is 0.383 e. The zero-order valence-electron chi connectivity index (χ0n) is 12.4. The van der Waals surface area contributed by atoms with Crippen LogP contribution in [0.3, 0.4) is 0 Å². The molecule has 1 rings (SSSR count). The van der Waals surface area contributed by atoms with E-state index in [4.69, 9.17) is 10.00 Å². The molecular weight excluding hydrogens is 254 g/mol. The molecular formula is C15H21N3O2. The minimum atomic E-state index is -0.268. The van der Waals surface area contributed by atoms with Gasteiger partial charge in [-0.05, 0) is 45.2 Å². The summed E-state index contributed by atoms with van der Waals surface area (Å²) < 4.78 is 5.09. The van der Waals surface area contributed by atoms with Gasteiger partial charge in [-0.25, -0.2) is 0 Å². The number of nitrogens with zero attached hydrogens (tertiary/aromatic N) is 2. The third-order valence-corrected chi connectivity index (χ3v) is 3.38. The van der Waals surface area contributed by atoms with Crippen LogP contribution in [0.2, 0.25) is 0 Å². The molecule has 0 fully saturated rings. The Morgan fingerprint density at radius 1 is 1.40 bits per heavy atom. The van der Waals surface area contributed by atoms with Crippen molar-refractivity contribution in [2.45, 2.75) is 25.9 Å². The van der Waals surface area contributed by atoms with Crippen molar-refractivity contribution in [3.8, 4) is 6.07 Å². The summed E-state index contributed by atoms with van der Waals surface area (Å²) in [4.78, 5) is 14.1. The average molecular weight is 275 g/mol. The van der Waals surface area contributed by atoms with Crippen LogP contribution in [-0.2, 0) is 9.53 Å². The van der Waals surface area contributed by atoms with E-state index >= 15 is 0 Å². The van der Waals surface area contributed by atoms with Crippen LogP contribution in [0.1, 0.15) is 19.4 Å². The monoisotopic (exact) mass is 275 g/mol. The van der Waals surface area contributed by atoms with E-state index in [0.717, 1.165) is 0 Å². The molecule has 1 aromatic rings. The van der Waals surface area contributed by atoms with Crippen LogP contribution in [0.25, 0.3) is 0 Å². The molecule has 108 valence electrons. The molecule has 1 amide bonds. The topological polar surface area (TPSA) is 65.4 Å². The number of anilines is 1. The highest BCUT2D eigenvalue weighted by molar-refractivity contribution is 5.94. The van der Waals surface area contributed by atoms with Crippen molar-refractivity contribution in [2.75, 3.05) is 26.1 Å². The summed E-state index contributed by atoms with van der Waals surface area (Å²) >= 11 is 0. The van der Waals surface area contributed by atoms with Crippen LogP contribution in [0.5, 0.6) is 0 Å². The maximum atomic E-state index is 12.2. The van der Waals surface area contributed by atoms with Gasteiger partial charge in [-0.2, -0.15) is 5.26 Å². The zero-order chi connectivity index (χ0) is 15.1. The summed E-state index contributed by atoms with van der Waals surface area (Å²) in [5.41, 5.74) is 1.26. The zero-order valence-corrected chi connectivity index (χ0v) is 12.4. The van der Waals surface area contributed by atoms with Crippen molar-refractivity contribution in [3.63, 3.8) is 0 Å². The van der Waals surface area contributed by atoms with Gasteiger partial charge in [0.05, 0.1) is 24.3 Å². The summed E-state index contributed by atoms with van der Waals surface area (Å²) in [5.74, 6) is -0.0832. The molecule has 0 spiro atoms. The molecule has 20 heavy (non-hydrogen) atoms. The maximum absolute atomic E-state index is 12.2. The van der Waals surface area contributed by atoms with E-state index in [1.807, 2.05) is 31.9 Å². The fourth-order valence-electron chi connectivity index (χ4n) is 1.80. The molecule has 0 heterocycles. The second-order valence-electron chi connectivity index (χ2n) is 4.82. The Bertz CT molecular complexity index is 479. The average Bonchev–Trinajstić information content (AvgIpc) is 2.46. The molecule has 5 heteroatoms. The molecule has 0 radical (unpaired) electrons. The van der Waals surface area contributed by atoms with Crippen molar-refractivity contribution >= 4 is 11.6 Å². The van der Waals surface area contributed by atoms with Gasteiger partial charge in [0.25, 0.3) is 0 Å². The lowest BCUT2D eigenvalue weighted by Crippen LogP contribution is -2.45. The summed E-state index contributed by atoms with van der Waals surface area (Å²) in [7, 11) is 3.54. The lowest BCUT2D eigenvalue weighted by molar-refractivity contribution is -0.121. The van der Waals surface area contributed by atoms with Crippen LogP contribution in [0.4, 0.5) is 5.69 Å². The SMILES string of the molecule is COCC(C)N(C)C(C)C(=O)Nc1ccc(C#N)cc1.